The molecule has 0 aromatic heterocycles. The topological polar surface area (TPSA) is 26.3 Å². The quantitative estimate of drug-likeness (QED) is 0.186. The van der Waals surface area contributed by atoms with E-state index in [9.17, 15) is 4.79 Å². The normalized spacial score (nSPS) is 39.9. The minimum absolute atomic E-state index is 0.0104. The summed E-state index contributed by atoms with van der Waals surface area (Å²) in [6, 6.07) is 0. The first kappa shape index (κ1) is 25.3. The second-order valence-corrected chi connectivity index (χ2v) is 12.7. The number of carbonyl (C=O) groups is 1. The van der Waals surface area contributed by atoms with E-state index in [1.165, 1.54) is 83.5 Å². The highest BCUT2D eigenvalue weighted by molar-refractivity contribution is 5.69. The highest BCUT2D eigenvalue weighted by atomic mass is 16.5. The standard InChI is InChI=1S/C31H52O2/c1-5-7-8-9-10-11-13-23-15-17-27-26-16-14-24-22-25(33-29(32)12-6-2)18-20-31(24,4)28(26)19-21-30(23,27)3/h14,23,25-28H,5-13,15-22H2,1-4H3. The third-order valence-corrected chi connectivity index (χ3v) is 10.9. The SMILES string of the molecule is CCCCCCCCC1CCC2C3CC=C4CC(OC(=O)CCC)CCC4(C)C3CCC12C. The van der Waals surface area contributed by atoms with Gasteiger partial charge in [-0.1, -0.05) is 77.9 Å². The van der Waals surface area contributed by atoms with Gasteiger partial charge in [0.05, 0.1) is 0 Å². The van der Waals surface area contributed by atoms with Crippen molar-refractivity contribution in [3.63, 3.8) is 0 Å². The molecular weight excluding hydrogens is 404 g/mol. The predicted octanol–water partition coefficient (Wildman–Crippen LogP) is 9.03. The van der Waals surface area contributed by atoms with E-state index in [1.807, 2.05) is 0 Å². The fraction of sp³-hybridized carbons (Fsp3) is 0.903. The number of unbranched alkanes of at least 4 members (excludes halogenated alkanes) is 5. The van der Waals surface area contributed by atoms with Crippen LogP contribution in [0.25, 0.3) is 0 Å². The Bertz CT molecular complexity index is 695. The van der Waals surface area contributed by atoms with Crippen molar-refractivity contribution in [2.75, 3.05) is 0 Å². The molecule has 0 aliphatic heterocycles. The van der Waals surface area contributed by atoms with Crippen LogP contribution < -0.4 is 0 Å². The second-order valence-electron chi connectivity index (χ2n) is 12.7. The maximum Gasteiger partial charge on any atom is 0.306 e. The summed E-state index contributed by atoms with van der Waals surface area (Å²) in [5.41, 5.74) is 2.59. The molecule has 2 nitrogen and oxygen atoms in total. The van der Waals surface area contributed by atoms with Crippen LogP contribution >= 0.6 is 0 Å². The molecule has 2 heteroatoms. The van der Waals surface area contributed by atoms with Crippen LogP contribution in [0.3, 0.4) is 0 Å². The van der Waals surface area contributed by atoms with Gasteiger partial charge in [0.25, 0.3) is 0 Å². The fourth-order valence-electron chi connectivity index (χ4n) is 8.93. The molecule has 4 aliphatic carbocycles. The summed E-state index contributed by atoms with van der Waals surface area (Å²) in [6.07, 6.45) is 24.7. The van der Waals surface area contributed by atoms with Crippen molar-refractivity contribution in [2.24, 2.45) is 34.5 Å². The zero-order valence-corrected chi connectivity index (χ0v) is 22.3. The summed E-state index contributed by atoms with van der Waals surface area (Å²) in [7, 11) is 0. The van der Waals surface area contributed by atoms with Gasteiger partial charge in [-0.05, 0) is 92.3 Å². The van der Waals surface area contributed by atoms with Crippen molar-refractivity contribution in [1.82, 2.24) is 0 Å². The average molecular weight is 457 g/mol. The van der Waals surface area contributed by atoms with Crippen molar-refractivity contribution in [2.45, 2.75) is 143 Å². The Balaban J connectivity index is 1.37. The molecule has 3 fully saturated rings. The van der Waals surface area contributed by atoms with E-state index >= 15 is 0 Å². The van der Waals surface area contributed by atoms with Crippen molar-refractivity contribution < 1.29 is 9.53 Å². The molecule has 33 heavy (non-hydrogen) atoms. The van der Waals surface area contributed by atoms with Gasteiger partial charge in [-0.3, -0.25) is 4.79 Å². The second kappa shape index (κ2) is 10.9. The third-order valence-electron chi connectivity index (χ3n) is 10.9. The van der Waals surface area contributed by atoms with Crippen LogP contribution in [0, 0.1) is 34.5 Å². The van der Waals surface area contributed by atoms with Crippen LogP contribution in [0.2, 0.25) is 0 Å². The lowest BCUT2D eigenvalue weighted by Gasteiger charge is -2.58. The molecule has 7 unspecified atom stereocenters. The minimum atomic E-state index is 0.0104. The van der Waals surface area contributed by atoms with Gasteiger partial charge in [-0.25, -0.2) is 0 Å². The largest absolute Gasteiger partial charge is 0.462 e. The Labute approximate surface area is 204 Å². The third kappa shape index (κ3) is 5.11. The molecule has 0 radical (unpaired) electrons. The lowest BCUT2D eigenvalue weighted by atomic mass is 9.47. The molecule has 4 rings (SSSR count). The van der Waals surface area contributed by atoms with E-state index < -0.39 is 0 Å². The Kier molecular flexibility index (Phi) is 8.33. The van der Waals surface area contributed by atoms with Crippen LogP contribution in [-0.2, 0) is 9.53 Å². The van der Waals surface area contributed by atoms with E-state index in [2.05, 4.69) is 33.8 Å². The molecule has 3 saturated carbocycles. The number of allylic oxidation sites excluding steroid dienone is 1. The highest BCUT2D eigenvalue weighted by Gasteiger charge is 2.58. The van der Waals surface area contributed by atoms with Crippen molar-refractivity contribution in [3.8, 4) is 0 Å². The van der Waals surface area contributed by atoms with Crippen LogP contribution in [0.5, 0.6) is 0 Å². The Hall–Kier alpha value is -0.790. The molecule has 4 aliphatic rings. The van der Waals surface area contributed by atoms with E-state index in [0.717, 1.165) is 42.9 Å². The highest BCUT2D eigenvalue weighted by Crippen LogP contribution is 2.66. The zero-order chi connectivity index (χ0) is 23.5. The first-order valence-corrected chi connectivity index (χ1v) is 14.8. The molecule has 0 bridgehead atoms. The minimum Gasteiger partial charge on any atom is -0.462 e. The zero-order valence-electron chi connectivity index (χ0n) is 22.3. The maximum absolute atomic E-state index is 12.1. The van der Waals surface area contributed by atoms with Gasteiger partial charge in [0.2, 0.25) is 0 Å². The Morgan fingerprint density at radius 2 is 1.73 bits per heavy atom. The van der Waals surface area contributed by atoms with Crippen LogP contribution in [-0.4, -0.2) is 12.1 Å². The monoisotopic (exact) mass is 456 g/mol. The molecule has 0 aromatic rings. The Morgan fingerprint density at radius 1 is 0.939 bits per heavy atom. The molecule has 188 valence electrons. The first-order chi connectivity index (χ1) is 15.9. The smallest absolute Gasteiger partial charge is 0.306 e. The van der Waals surface area contributed by atoms with E-state index in [-0.39, 0.29) is 12.1 Å². The number of hydrogen-bond donors (Lipinski definition) is 0. The number of hydrogen-bond acceptors (Lipinski definition) is 2. The van der Waals surface area contributed by atoms with Gasteiger partial charge in [0, 0.05) is 12.8 Å². The molecule has 0 saturated heterocycles. The number of carbonyl (C=O) groups excluding carboxylic acids is 1. The fourth-order valence-corrected chi connectivity index (χ4v) is 8.93. The van der Waals surface area contributed by atoms with Crippen molar-refractivity contribution in [1.29, 1.82) is 0 Å². The molecule has 0 amide bonds. The van der Waals surface area contributed by atoms with Gasteiger partial charge in [-0.15, -0.1) is 0 Å². The van der Waals surface area contributed by atoms with Gasteiger partial charge in [0.15, 0.2) is 0 Å². The summed E-state index contributed by atoms with van der Waals surface area (Å²) in [5.74, 6) is 3.68. The summed E-state index contributed by atoms with van der Waals surface area (Å²) in [6.45, 7) is 9.63. The van der Waals surface area contributed by atoms with E-state index in [4.69, 9.17) is 4.74 Å². The maximum atomic E-state index is 12.1. The average Bonchev–Trinajstić information content (AvgIpc) is 3.13. The van der Waals surface area contributed by atoms with E-state index in [1.54, 1.807) is 5.57 Å². The van der Waals surface area contributed by atoms with Gasteiger partial charge < -0.3 is 4.74 Å². The van der Waals surface area contributed by atoms with Gasteiger partial charge in [-0.2, -0.15) is 0 Å². The predicted molar refractivity (Wildman–Crippen MR) is 138 cm³/mol. The first-order valence-electron chi connectivity index (χ1n) is 14.8. The molecular formula is C31H52O2. The number of esters is 1. The summed E-state index contributed by atoms with van der Waals surface area (Å²) < 4.78 is 5.85. The summed E-state index contributed by atoms with van der Waals surface area (Å²) in [4.78, 5) is 12.1. The lowest BCUT2D eigenvalue weighted by molar-refractivity contribution is -0.151. The van der Waals surface area contributed by atoms with Gasteiger partial charge in [0.1, 0.15) is 6.10 Å². The molecule has 7 atom stereocenters. The van der Waals surface area contributed by atoms with Crippen molar-refractivity contribution >= 4 is 5.97 Å². The van der Waals surface area contributed by atoms with Crippen LogP contribution in [0.1, 0.15) is 137 Å². The summed E-state index contributed by atoms with van der Waals surface area (Å²) in [5, 5.41) is 0. The number of rotatable bonds is 10. The summed E-state index contributed by atoms with van der Waals surface area (Å²) >= 11 is 0. The molecule has 0 heterocycles. The number of ether oxygens (including phenoxy) is 1. The molecule has 0 N–H and O–H groups in total. The number of fused-ring (bicyclic) bond motifs is 5. The molecule has 0 aromatic carbocycles. The lowest BCUT2D eigenvalue weighted by Crippen LogP contribution is -2.50. The van der Waals surface area contributed by atoms with Crippen LogP contribution in [0.4, 0.5) is 0 Å². The van der Waals surface area contributed by atoms with Crippen molar-refractivity contribution in [3.05, 3.63) is 11.6 Å². The molecule has 0 spiro atoms. The van der Waals surface area contributed by atoms with Crippen LogP contribution in [0.15, 0.2) is 11.6 Å². The van der Waals surface area contributed by atoms with E-state index in [0.29, 0.717) is 17.3 Å². The Morgan fingerprint density at radius 3 is 2.52 bits per heavy atom. The van der Waals surface area contributed by atoms with Gasteiger partial charge >= 0.3 is 5.97 Å².